The lowest BCUT2D eigenvalue weighted by Gasteiger charge is -2.10. The maximum absolute atomic E-state index is 12.0. The zero-order chi connectivity index (χ0) is 18.2. The van der Waals surface area contributed by atoms with E-state index in [1.54, 1.807) is 38.2 Å². The number of benzene rings is 2. The van der Waals surface area contributed by atoms with Gasteiger partial charge in [0, 0.05) is 32.6 Å². The Hall–Kier alpha value is -2.82. The van der Waals surface area contributed by atoms with Gasteiger partial charge in [0.2, 0.25) is 5.91 Å². The molecule has 2 amide bonds. The number of hydrogen-bond acceptors (Lipinski definition) is 3. The molecule has 0 atom stereocenters. The first-order valence-electron chi connectivity index (χ1n) is 8.20. The van der Waals surface area contributed by atoms with Gasteiger partial charge in [-0.05, 0) is 41.8 Å². The summed E-state index contributed by atoms with van der Waals surface area (Å²) in [4.78, 5) is 25.4. The number of carbonyl (C=O) groups excluding carboxylic acids is 2. The Balaban J connectivity index is 1.78. The monoisotopic (exact) mass is 340 g/mol. The predicted molar refractivity (Wildman–Crippen MR) is 97.6 cm³/mol. The highest BCUT2D eigenvalue weighted by Gasteiger charge is 2.08. The van der Waals surface area contributed by atoms with Gasteiger partial charge in [0.1, 0.15) is 5.75 Å². The van der Waals surface area contributed by atoms with E-state index < -0.39 is 0 Å². The highest BCUT2D eigenvalue weighted by atomic mass is 16.5. The minimum atomic E-state index is -0.0243. The number of ether oxygens (including phenoxy) is 1. The quantitative estimate of drug-likeness (QED) is 0.843. The first-order valence-corrected chi connectivity index (χ1v) is 8.20. The van der Waals surface area contributed by atoms with Crippen LogP contribution >= 0.6 is 0 Å². The van der Waals surface area contributed by atoms with Gasteiger partial charge in [0.25, 0.3) is 5.91 Å². The highest BCUT2D eigenvalue weighted by molar-refractivity contribution is 5.93. The van der Waals surface area contributed by atoms with Crippen LogP contribution in [0.1, 0.15) is 27.9 Å². The molecule has 0 aliphatic rings. The summed E-state index contributed by atoms with van der Waals surface area (Å²) in [5.74, 6) is 0.777. The van der Waals surface area contributed by atoms with Gasteiger partial charge in [-0.25, -0.2) is 0 Å². The Bertz CT molecular complexity index is 707. The van der Waals surface area contributed by atoms with Crippen molar-refractivity contribution in [2.45, 2.75) is 19.4 Å². The van der Waals surface area contributed by atoms with E-state index in [4.69, 9.17) is 4.74 Å². The number of methoxy groups -OCH3 is 1. The molecule has 0 saturated heterocycles. The average molecular weight is 340 g/mol. The molecule has 2 aromatic rings. The van der Waals surface area contributed by atoms with Gasteiger partial charge in [-0.3, -0.25) is 9.59 Å². The smallest absolute Gasteiger partial charge is 0.253 e. The molecular weight excluding hydrogens is 316 g/mol. The third kappa shape index (κ3) is 5.64. The Morgan fingerprint density at radius 2 is 1.56 bits per heavy atom. The number of hydrogen-bond donors (Lipinski definition) is 1. The molecule has 0 aliphatic heterocycles. The highest BCUT2D eigenvalue weighted by Crippen LogP contribution is 2.11. The molecule has 0 aliphatic carbocycles. The molecule has 25 heavy (non-hydrogen) atoms. The Labute approximate surface area is 148 Å². The minimum Gasteiger partial charge on any atom is -0.497 e. The van der Waals surface area contributed by atoms with E-state index in [1.165, 1.54) is 0 Å². The standard InChI is InChI=1S/C20H24N2O3/c1-22(2)20(24)17-9-4-15(5-10-17)8-13-19(23)21-14-16-6-11-18(25-3)12-7-16/h4-7,9-12H,8,13-14H2,1-3H3,(H,21,23). The van der Waals surface area contributed by atoms with Crippen molar-refractivity contribution in [1.82, 2.24) is 10.2 Å². The Kier molecular flexibility index (Phi) is 6.57. The molecular formula is C20H24N2O3. The molecule has 0 spiro atoms. The Morgan fingerprint density at radius 3 is 2.12 bits per heavy atom. The lowest BCUT2D eigenvalue weighted by atomic mass is 10.1. The van der Waals surface area contributed by atoms with Crippen molar-refractivity contribution >= 4 is 11.8 Å². The van der Waals surface area contributed by atoms with E-state index in [-0.39, 0.29) is 11.8 Å². The number of nitrogens with zero attached hydrogens (tertiary/aromatic N) is 1. The second kappa shape index (κ2) is 8.87. The second-order valence-electron chi connectivity index (χ2n) is 6.02. The molecule has 0 heterocycles. The molecule has 0 fully saturated rings. The second-order valence-corrected chi connectivity index (χ2v) is 6.02. The molecule has 2 aromatic carbocycles. The molecule has 0 unspecified atom stereocenters. The lowest BCUT2D eigenvalue weighted by Crippen LogP contribution is -2.23. The van der Waals surface area contributed by atoms with Gasteiger partial charge in [-0.2, -0.15) is 0 Å². The van der Waals surface area contributed by atoms with E-state index in [9.17, 15) is 9.59 Å². The summed E-state index contributed by atoms with van der Waals surface area (Å²) < 4.78 is 5.11. The molecule has 0 bridgehead atoms. The molecule has 1 N–H and O–H groups in total. The van der Waals surface area contributed by atoms with Gasteiger partial charge in [-0.1, -0.05) is 24.3 Å². The van der Waals surface area contributed by atoms with E-state index in [1.807, 2.05) is 36.4 Å². The fourth-order valence-corrected chi connectivity index (χ4v) is 2.36. The van der Waals surface area contributed by atoms with Crippen LogP contribution in [0.2, 0.25) is 0 Å². The molecule has 132 valence electrons. The van der Waals surface area contributed by atoms with Crippen LogP contribution in [0.25, 0.3) is 0 Å². The van der Waals surface area contributed by atoms with Crippen LogP contribution in [0.5, 0.6) is 5.75 Å². The van der Waals surface area contributed by atoms with Crippen molar-refractivity contribution < 1.29 is 14.3 Å². The summed E-state index contributed by atoms with van der Waals surface area (Å²) in [5.41, 5.74) is 2.72. The van der Waals surface area contributed by atoms with Crippen LogP contribution in [0.3, 0.4) is 0 Å². The van der Waals surface area contributed by atoms with Crippen LogP contribution in [0.15, 0.2) is 48.5 Å². The summed E-state index contributed by atoms with van der Waals surface area (Å²) in [6.45, 7) is 0.499. The zero-order valence-electron chi connectivity index (χ0n) is 14.9. The summed E-state index contributed by atoms with van der Waals surface area (Å²) in [6, 6.07) is 15.0. The summed E-state index contributed by atoms with van der Waals surface area (Å²) in [7, 11) is 5.08. The Morgan fingerprint density at radius 1 is 0.960 bits per heavy atom. The van der Waals surface area contributed by atoms with Gasteiger partial charge >= 0.3 is 0 Å². The van der Waals surface area contributed by atoms with Crippen LogP contribution in [0.4, 0.5) is 0 Å². The zero-order valence-corrected chi connectivity index (χ0v) is 14.9. The summed E-state index contributed by atoms with van der Waals surface area (Å²) >= 11 is 0. The van der Waals surface area contributed by atoms with Gasteiger partial charge in [0.05, 0.1) is 7.11 Å². The lowest BCUT2D eigenvalue weighted by molar-refractivity contribution is -0.121. The van der Waals surface area contributed by atoms with Crippen LogP contribution in [0, 0.1) is 0 Å². The normalized spacial score (nSPS) is 10.2. The first kappa shape index (κ1) is 18.5. The largest absolute Gasteiger partial charge is 0.497 e. The van der Waals surface area contributed by atoms with Crippen molar-refractivity contribution in [3.63, 3.8) is 0 Å². The molecule has 5 heteroatoms. The van der Waals surface area contributed by atoms with E-state index in [2.05, 4.69) is 5.32 Å². The number of carbonyl (C=O) groups is 2. The van der Waals surface area contributed by atoms with Crippen molar-refractivity contribution in [2.24, 2.45) is 0 Å². The summed E-state index contributed by atoms with van der Waals surface area (Å²) in [5, 5.41) is 2.91. The molecule has 0 radical (unpaired) electrons. The van der Waals surface area contributed by atoms with E-state index in [0.717, 1.165) is 16.9 Å². The topological polar surface area (TPSA) is 58.6 Å². The average Bonchev–Trinajstić information content (AvgIpc) is 2.64. The molecule has 0 saturated carbocycles. The maximum atomic E-state index is 12.0. The molecule has 2 rings (SSSR count). The fraction of sp³-hybridized carbons (Fsp3) is 0.300. The van der Waals surface area contributed by atoms with Gasteiger partial charge in [-0.15, -0.1) is 0 Å². The predicted octanol–water partition coefficient (Wildman–Crippen LogP) is 2.65. The maximum Gasteiger partial charge on any atom is 0.253 e. The van der Waals surface area contributed by atoms with Gasteiger partial charge in [0.15, 0.2) is 0 Å². The van der Waals surface area contributed by atoms with Crippen molar-refractivity contribution in [3.8, 4) is 5.75 Å². The molecule has 0 aromatic heterocycles. The van der Waals surface area contributed by atoms with Crippen LogP contribution in [-0.2, 0) is 17.8 Å². The van der Waals surface area contributed by atoms with Gasteiger partial charge < -0.3 is 15.0 Å². The van der Waals surface area contributed by atoms with E-state index >= 15 is 0 Å². The number of aryl methyl sites for hydroxylation is 1. The summed E-state index contributed by atoms with van der Waals surface area (Å²) in [6.07, 6.45) is 1.06. The van der Waals surface area contributed by atoms with Crippen molar-refractivity contribution in [2.75, 3.05) is 21.2 Å². The third-order valence-corrected chi connectivity index (χ3v) is 3.90. The SMILES string of the molecule is COc1ccc(CNC(=O)CCc2ccc(C(=O)N(C)C)cc2)cc1. The molecule has 5 nitrogen and oxygen atoms in total. The van der Waals surface area contributed by atoms with Crippen molar-refractivity contribution in [3.05, 3.63) is 65.2 Å². The third-order valence-electron chi connectivity index (χ3n) is 3.90. The van der Waals surface area contributed by atoms with Crippen molar-refractivity contribution in [1.29, 1.82) is 0 Å². The first-order chi connectivity index (χ1) is 12.0. The van der Waals surface area contributed by atoms with Crippen LogP contribution < -0.4 is 10.1 Å². The number of amides is 2. The van der Waals surface area contributed by atoms with E-state index in [0.29, 0.717) is 24.9 Å². The number of nitrogens with one attached hydrogen (secondary N) is 1. The fourth-order valence-electron chi connectivity index (χ4n) is 2.36. The minimum absolute atomic E-state index is 0.00395. The number of rotatable bonds is 7. The van der Waals surface area contributed by atoms with Crippen LogP contribution in [-0.4, -0.2) is 37.9 Å².